The van der Waals surface area contributed by atoms with E-state index in [4.69, 9.17) is 10.5 Å². The third kappa shape index (κ3) is 3.39. The number of hydrogen-bond donors (Lipinski definition) is 2. The maximum Gasteiger partial charge on any atom is 0.328 e. The number of carbonyl (C=O) groups is 2. The second-order valence-electron chi connectivity index (χ2n) is 5.56. The van der Waals surface area contributed by atoms with Crippen molar-refractivity contribution < 1.29 is 14.3 Å². The zero-order chi connectivity index (χ0) is 18.7. The molecule has 3 aromatic rings. The molecule has 0 saturated heterocycles. The second-order valence-corrected chi connectivity index (χ2v) is 5.56. The number of aromatic amines is 1. The lowest BCUT2D eigenvalue weighted by Crippen LogP contribution is -2.34. The fraction of sp³-hybridized carbons (Fsp3) is 0.111. The Hall–Kier alpha value is -3.68. The van der Waals surface area contributed by atoms with Crippen molar-refractivity contribution in [3.63, 3.8) is 0 Å². The molecule has 8 heteroatoms. The summed E-state index contributed by atoms with van der Waals surface area (Å²) in [6.45, 7) is -0.560. The molecule has 0 radical (unpaired) electrons. The van der Waals surface area contributed by atoms with Crippen LogP contribution < -0.4 is 16.9 Å². The van der Waals surface area contributed by atoms with Crippen LogP contribution in [0.5, 0.6) is 0 Å². The predicted octanol–water partition coefficient (Wildman–Crippen LogP) is 0.460. The van der Waals surface area contributed by atoms with Crippen LogP contribution in [0.4, 0.5) is 0 Å². The highest BCUT2D eigenvalue weighted by Crippen LogP contribution is 2.17. The number of rotatable bonds is 5. The Morgan fingerprint density at radius 2 is 1.62 bits per heavy atom. The van der Waals surface area contributed by atoms with Gasteiger partial charge in [-0.25, -0.2) is 4.68 Å². The molecule has 1 heterocycles. The molecule has 1 amide bonds. The maximum atomic E-state index is 12.4. The fourth-order valence-electron chi connectivity index (χ4n) is 2.57. The summed E-state index contributed by atoms with van der Waals surface area (Å²) >= 11 is 0. The van der Waals surface area contributed by atoms with E-state index < -0.39 is 35.6 Å². The molecule has 132 valence electrons. The van der Waals surface area contributed by atoms with E-state index in [0.717, 1.165) is 4.68 Å². The van der Waals surface area contributed by atoms with Crippen molar-refractivity contribution in [2.45, 2.75) is 12.6 Å². The van der Waals surface area contributed by atoms with Crippen LogP contribution >= 0.6 is 0 Å². The number of carbonyl (C=O) groups excluding carboxylic acids is 2. The van der Waals surface area contributed by atoms with Crippen molar-refractivity contribution in [1.29, 1.82) is 0 Å². The summed E-state index contributed by atoms with van der Waals surface area (Å²) < 4.78 is 5.96. The number of fused-ring (bicyclic) bond motifs is 1. The zero-order valence-electron chi connectivity index (χ0n) is 13.5. The normalized spacial score (nSPS) is 11.8. The molecule has 2 aromatic carbocycles. The number of esters is 1. The highest BCUT2D eigenvalue weighted by Gasteiger charge is 2.23. The lowest BCUT2D eigenvalue weighted by Gasteiger charge is -2.15. The molecule has 0 saturated carbocycles. The average molecular weight is 353 g/mol. The number of H-pyrrole nitrogens is 1. The minimum atomic E-state index is -1.29. The second kappa shape index (κ2) is 7.06. The first-order chi connectivity index (χ1) is 12.5. The fourth-order valence-corrected chi connectivity index (χ4v) is 2.57. The first-order valence-electron chi connectivity index (χ1n) is 7.73. The molecule has 1 unspecified atom stereocenters. The summed E-state index contributed by atoms with van der Waals surface area (Å²) in [6, 6.07) is 14.5. The average Bonchev–Trinajstić information content (AvgIpc) is 2.64. The summed E-state index contributed by atoms with van der Waals surface area (Å²) in [4.78, 5) is 48.2. The van der Waals surface area contributed by atoms with E-state index in [1.54, 1.807) is 42.5 Å². The van der Waals surface area contributed by atoms with Crippen molar-refractivity contribution in [1.82, 2.24) is 9.78 Å². The van der Waals surface area contributed by atoms with Gasteiger partial charge in [0, 0.05) is 5.56 Å². The molecule has 3 N–H and O–H groups in total. The Morgan fingerprint density at radius 1 is 1.00 bits per heavy atom. The minimum absolute atomic E-state index is 0.179. The number of aromatic nitrogens is 2. The van der Waals surface area contributed by atoms with Gasteiger partial charge in [-0.15, -0.1) is 0 Å². The first-order valence-corrected chi connectivity index (χ1v) is 7.73. The molecule has 3 rings (SSSR count). The molecule has 0 fully saturated rings. The third-order valence-electron chi connectivity index (χ3n) is 3.78. The van der Waals surface area contributed by atoms with E-state index >= 15 is 0 Å². The van der Waals surface area contributed by atoms with Crippen LogP contribution in [-0.2, 0) is 20.9 Å². The van der Waals surface area contributed by atoms with Crippen LogP contribution in [-0.4, -0.2) is 21.7 Å². The molecule has 1 aromatic heterocycles. The Kier molecular flexibility index (Phi) is 4.66. The van der Waals surface area contributed by atoms with E-state index in [-0.39, 0.29) is 10.8 Å². The Morgan fingerprint density at radius 3 is 2.27 bits per heavy atom. The van der Waals surface area contributed by atoms with Crippen molar-refractivity contribution >= 4 is 22.6 Å². The van der Waals surface area contributed by atoms with Gasteiger partial charge in [-0.05, 0) is 12.1 Å². The molecular formula is C18H15N3O5. The lowest BCUT2D eigenvalue weighted by molar-refractivity contribution is -0.156. The van der Waals surface area contributed by atoms with E-state index in [1.165, 1.54) is 12.1 Å². The Bertz CT molecular complexity index is 1090. The molecule has 1 atom stereocenters. The third-order valence-corrected chi connectivity index (χ3v) is 3.78. The Labute approximate surface area is 146 Å². The number of nitrogens with one attached hydrogen (secondary N) is 1. The standard InChI is InChI=1S/C18H15N3O5/c19-16(23)15(11-6-2-1-3-7-11)26-14(22)10-21-18(25)13-9-5-4-8-12(13)17(24)20-21/h1-9,15H,10H2,(H2,19,23)(H,20,24). The van der Waals surface area contributed by atoms with Gasteiger partial charge in [-0.2, -0.15) is 0 Å². The van der Waals surface area contributed by atoms with Gasteiger partial charge < -0.3 is 10.5 Å². The summed E-state index contributed by atoms with van der Waals surface area (Å²) in [7, 11) is 0. The summed E-state index contributed by atoms with van der Waals surface area (Å²) in [5, 5.41) is 2.73. The van der Waals surface area contributed by atoms with Gasteiger partial charge in [-0.1, -0.05) is 42.5 Å². The molecule has 8 nitrogen and oxygen atoms in total. The Balaban J connectivity index is 1.87. The smallest absolute Gasteiger partial charge is 0.328 e. The zero-order valence-corrected chi connectivity index (χ0v) is 13.5. The first kappa shape index (κ1) is 17.2. The topological polar surface area (TPSA) is 124 Å². The van der Waals surface area contributed by atoms with Gasteiger partial charge in [0.25, 0.3) is 17.0 Å². The number of benzene rings is 2. The van der Waals surface area contributed by atoms with E-state index in [9.17, 15) is 19.2 Å². The molecule has 0 bridgehead atoms. The summed E-state index contributed by atoms with van der Waals surface area (Å²) in [5.74, 6) is -1.73. The maximum absolute atomic E-state index is 12.4. The SMILES string of the molecule is NC(=O)C(OC(=O)Cn1[nH]c(=O)c2ccccc2c1=O)c1ccccc1. The van der Waals surface area contributed by atoms with E-state index in [2.05, 4.69) is 5.10 Å². The van der Waals surface area contributed by atoms with Crippen LogP contribution in [0.15, 0.2) is 64.2 Å². The van der Waals surface area contributed by atoms with Crippen LogP contribution in [0.1, 0.15) is 11.7 Å². The largest absolute Gasteiger partial charge is 0.446 e. The van der Waals surface area contributed by atoms with Crippen molar-refractivity contribution in [2.75, 3.05) is 0 Å². The van der Waals surface area contributed by atoms with Crippen LogP contribution in [0.25, 0.3) is 10.8 Å². The van der Waals surface area contributed by atoms with Gasteiger partial charge in [0.1, 0.15) is 6.54 Å². The lowest BCUT2D eigenvalue weighted by atomic mass is 10.1. The molecule has 26 heavy (non-hydrogen) atoms. The van der Waals surface area contributed by atoms with Crippen LogP contribution in [0, 0.1) is 0 Å². The highest BCUT2D eigenvalue weighted by molar-refractivity contribution is 5.84. The molecular weight excluding hydrogens is 338 g/mol. The van der Waals surface area contributed by atoms with Crippen molar-refractivity contribution in [3.05, 3.63) is 80.9 Å². The molecule has 0 aliphatic carbocycles. The quantitative estimate of drug-likeness (QED) is 0.645. The molecule has 0 aliphatic rings. The van der Waals surface area contributed by atoms with E-state index in [1.807, 2.05) is 0 Å². The van der Waals surface area contributed by atoms with Crippen molar-refractivity contribution in [3.8, 4) is 0 Å². The predicted molar refractivity (Wildman–Crippen MR) is 93.3 cm³/mol. The monoisotopic (exact) mass is 353 g/mol. The van der Waals surface area contributed by atoms with Crippen LogP contribution in [0.2, 0.25) is 0 Å². The van der Waals surface area contributed by atoms with E-state index in [0.29, 0.717) is 5.56 Å². The minimum Gasteiger partial charge on any atom is -0.446 e. The highest BCUT2D eigenvalue weighted by atomic mass is 16.5. The van der Waals surface area contributed by atoms with Gasteiger partial charge in [0.2, 0.25) is 6.10 Å². The van der Waals surface area contributed by atoms with Crippen molar-refractivity contribution in [2.24, 2.45) is 5.73 Å². The molecule has 0 aliphatic heterocycles. The summed E-state index contributed by atoms with van der Waals surface area (Å²) in [6.07, 6.45) is -1.29. The van der Waals surface area contributed by atoms with Crippen LogP contribution in [0.3, 0.4) is 0 Å². The number of ether oxygens (including phenoxy) is 1. The number of hydrogen-bond acceptors (Lipinski definition) is 5. The van der Waals surface area contributed by atoms with Gasteiger partial charge >= 0.3 is 5.97 Å². The number of amides is 1. The number of nitrogens with two attached hydrogens (primary N) is 1. The molecule has 0 spiro atoms. The van der Waals surface area contributed by atoms with Gasteiger partial charge in [0.15, 0.2) is 0 Å². The number of primary amides is 1. The number of nitrogens with zero attached hydrogens (tertiary/aromatic N) is 1. The van der Waals surface area contributed by atoms with Gasteiger partial charge in [-0.3, -0.25) is 24.3 Å². The van der Waals surface area contributed by atoms with Gasteiger partial charge in [0.05, 0.1) is 10.8 Å². The summed E-state index contributed by atoms with van der Waals surface area (Å²) in [5.41, 5.74) is 4.65.